The van der Waals surface area contributed by atoms with E-state index in [0.29, 0.717) is 21.6 Å². The van der Waals surface area contributed by atoms with Crippen molar-refractivity contribution >= 4 is 46.5 Å². The summed E-state index contributed by atoms with van der Waals surface area (Å²) in [6, 6.07) is 11.5. The van der Waals surface area contributed by atoms with E-state index in [-0.39, 0.29) is 29.3 Å². The molecule has 0 bridgehead atoms. The van der Waals surface area contributed by atoms with Crippen LogP contribution in [0.25, 0.3) is 5.82 Å². The molecule has 0 radical (unpaired) electrons. The minimum absolute atomic E-state index is 0.129. The number of ketones is 1. The predicted octanol–water partition coefficient (Wildman–Crippen LogP) is 4.06. The number of aromatic nitrogens is 2. The lowest BCUT2D eigenvalue weighted by atomic mass is 10.1. The van der Waals surface area contributed by atoms with Gasteiger partial charge in [-0.05, 0) is 55.8 Å². The molecule has 9 heteroatoms. The Morgan fingerprint density at radius 3 is 2.50 bits per heavy atom. The maximum atomic E-state index is 13.1. The molecular formula is C21H18Cl2N4O3. The Bertz CT molecular complexity index is 1130. The first-order valence-corrected chi connectivity index (χ1v) is 9.71. The Balaban J connectivity index is 1.97. The molecule has 0 unspecified atom stereocenters. The highest BCUT2D eigenvalue weighted by Gasteiger charge is 2.21. The van der Waals surface area contributed by atoms with Crippen LogP contribution in [-0.2, 0) is 4.79 Å². The summed E-state index contributed by atoms with van der Waals surface area (Å²) < 4.78 is 1.50. The standard InChI is InChI=1S/C21H18Cl2N4O3/c1-12-9-14(22)10-15(20(29)25-11-13(2)28)19(12)26-21(30)16-6-7-17(23)27(16)18-5-3-4-8-24-18/h3-10H,11H2,1-2H3,(H,25,29)(H,26,30). The van der Waals surface area contributed by atoms with E-state index >= 15 is 0 Å². The number of aryl methyl sites for hydroxylation is 1. The molecular weight excluding hydrogens is 427 g/mol. The van der Waals surface area contributed by atoms with Gasteiger partial charge in [0.25, 0.3) is 11.8 Å². The van der Waals surface area contributed by atoms with Gasteiger partial charge < -0.3 is 10.6 Å². The zero-order valence-electron chi connectivity index (χ0n) is 16.2. The number of carbonyl (C=O) groups is 3. The van der Waals surface area contributed by atoms with Crippen LogP contribution in [0.15, 0.2) is 48.7 Å². The second-order valence-electron chi connectivity index (χ2n) is 6.55. The highest BCUT2D eigenvalue weighted by molar-refractivity contribution is 6.31. The van der Waals surface area contributed by atoms with Gasteiger partial charge in [-0.15, -0.1) is 0 Å². The van der Waals surface area contributed by atoms with Crippen molar-refractivity contribution < 1.29 is 14.4 Å². The number of Topliss-reactive ketones (excluding diaryl/α,β-unsaturated/α-hetero) is 1. The third-order valence-corrected chi connectivity index (χ3v) is 4.74. The molecule has 0 spiro atoms. The second-order valence-corrected chi connectivity index (χ2v) is 7.37. The van der Waals surface area contributed by atoms with E-state index in [1.165, 1.54) is 17.6 Å². The number of nitrogens with zero attached hydrogens (tertiary/aromatic N) is 2. The van der Waals surface area contributed by atoms with Crippen LogP contribution in [0.1, 0.15) is 33.3 Å². The van der Waals surface area contributed by atoms with Crippen molar-refractivity contribution in [2.75, 3.05) is 11.9 Å². The van der Waals surface area contributed by atoms with Crippen LogP contribution in [0.2, 0.25) is 10.2 Å². The maximum Gasteiger partial charge on any atom is 0.272 e. The lowest BCUT2D eigenvalue weighted by molar-refractivity contribution is -0.116. The van der Waals surface area contributed by atoms with E-state index < -0.39 is 11.8 Å². The van der Waals surface area contributed by atoms with Gasteiger partial charge in [-0.25, -0.2) is 4.98 Å². The molecule has 0 atom stereocenters. The maximum absolute atomic E-state index is 13.1. The third kappa shape index (κ3) is 4.69. The van der Waals surface area contributed by atoms with Crippen molar-refractivity contribution in [3.05, 3.63) is 75.7 Å². The highest BCUT2D eigenvalue weighted by Crippen LogP contribution is 2.27. The lowest BCUT2D eigenvalue weighted by Crippen LogP contribution is -2.29. The van der Waals surface area contributed by atoms with Gasteiger partial charge >= 0.3 is 0 Å². The van der Waals surface area contributed by atoms with E-state index in [0.717, 1.165) is 0 Å². The van der Waals surface area contributed by atoms with E-state index in [2.05, 4.69) is 15.6 Å². The summed E-state index contributed by atoms with van der Waals surface area (Å²) in [6.45, 7) is 2.95. The number of hydrogen-bond acceptors (Lipinski definition) is 4. The first kappa shape index (κ1) is 21.5. The van der Waals surface area contributed by atoms with Crippen LogP contribution < -0.4 is 10.6 Å². The molecule has 2 heterocycles. The van der Waals surface area contributed by atoms with Crippen LogP contribution in [0, 0.1) is 6.92 Å². The average molecular weight is 445 g/mol. The molecule has 7 nitrogen and oxygen atoms in total. The summed E-state index contributed by atoms with van der Waals surface area (Å²) in [5, 5.41) is 5.92. The molecule has 2 amide bonds. The van der Waals surface area contributed by atoms with E-state index in [1.807, 2.05) is 0 Å². The number of carbonyl (C=O) groups excluding carboxylic acids is 3. The molecule has 3 rings (SSSR count). The predicted molar refractivity (Wildman–Crippen MR) is 116 cm³/mol. The van der Waals surface area contributed by atoms with Gasteiger partial charge in [0, 0.05) is 11.2 Å². The molecule has 3 aromatic rings. The third-order valence-electron chi connectivity index (χ3n) is 4.23. The fraction of sp³-hybridized carbons (Fsp3) is 0.143. The van der Waals surface area contributed by atoms with Crippen molar-refractivity contribution in [3.63, 3.8) is 0 Å². The molecule has 2 aromatic heterocycles. The summed E-state index contributed by atoms with van der Waals surface area (Å²) in [5.74, 6) is -0.733. The minimum atomic E-state index is -0.524. The average Bonchev–Trinajstić information content (AvgIpc) is 3.10. The van der Waals surface area contributed by atoms with Gasteiger partial charge in [-0.3, -0.25) is 19.0 Å². The summed E-state index contributed by atoms with van der Waals surface area (Å²) >= 11 is 12.4. The van der Waals surface area contributed by atoms with Gasteiger partial charge in [0.1, 0.15) is 22.4 Å². The van der Waals surface area contributed by atoms with Crippen molar-refractivity contribution in [1.82, 2.24) is 14.9 Å². The fourth-order valence-corrected chi connectivity index (χ4v) is 3.39. The first-order chi connectivity index (χ1) is 14.3. The van der Waals surface area contributed by atoms with Crippen molar-refractivity contribution in [3.8, 4) is 5.82 Å². The van der Waals surface area contributed by atoms with E-state index in [1.54, 1.807) is 49.5 Å². The minimum Gasteiger partial charge on any atom is -0.345 e. The van der Waals surface area contributed by atoms with Gasteiger partial charge in [0.2, 0.25) is 0 Å². The molecule has 2 N–H and O–H groups in total. The monoisotopic (exact) mass is 444 g/mol. The van der Waals surface area contributed by atoms with Gasteiger partial charge in [0.05, 0.1) is 17.8 Å². The van der Waals surface area contributed by atoms with Crippen LogP contribution in [0.4, 0.5) is 5.69 Å². The zero-order valence-corrected chi connectivity index (χ0v) is 17.7. The summed E-state index contributed by atoms with van der Waals surface area (Å²) in [4.78, 5) is 41.1. The molecule has 154 valence electrons. The fourth-order valence-electron chi connectivity index (χ4n) is 2.87. The molecule has 0 saturated carbocycles. The number of pyridine rings is 1. The van der Waals surface area contributed by atoms with Gasteiger partial charge in [-0.2, -0.15) is 0 Å². The number of halogens is 2. The van der Waals surface area contributed by atoms with Crippen molar-refractivity contribution in [1.29, 1.82) is 0 Å². The van der Waals surface area contributed by atoms with Gasteiger partial charge in [-0.1, -0.05) is 29.3 Å². The Kier molecular flexibility index (Phi) is 6.54. The highest BCUT2D eigenvalue weighted by atomic mass is 35.5. The number of nitrogens with one attached hydrogen (secondary N) is 2. The normalized spacial score (nSPS) is 10.5. The first-order valence-electron chi connectivity index (χ1n) is 8.95. The Morgan fingerprint density at radius 2 is 1.83 bits per heavy atom. The molecule has 0 saturated heterocycles. The van der Waals surface area contributed by atoms with E-state index in [4.69, 9.17) is 23.2 Å². The molecule has 0 fully saturated rings. The smallest absolute Gasteiger partial charge is 0.272 e. The zero-order chi connectivity index (χ0) is 21.8. The second kappa shape index (κ2) is 9.11. The quantitative estimate of drug-likeness (QED) is 0.599. The molecule has 0 aliphatic heterocycles. The molecule has 0 aliphatic rings. The van der Waals surface area contributed by atoms with Crippen LogP contribution in [0.3, 0.4) is 0 Å². The Morgan fingerprint density at radius 1 is 1.07 bits per heavy atom. The van der Waals surface area contributed by atoms with Crippen LogP contribution in [-0.4, -0.2) is 33.7 Å². The van der Waals surface area contributed by atoms with E-state index in [9.17, 15) is 14.4 Å². The topological polar surface area (TPSA) is 93.1 Å². The van der Waals surface area contributed by atoms with Crippen LogP contribution >= 0.6 is 23.2 Å². The lowest BCUT2D eigenvalue weighted by Gasteiger charge is -2.15. The van der Waals surface area contributed by atoms with Crippen molar-refractivity contribution in [2.45, 2.75) is 13.8 Å². The molecule has 0 aliphatic carbocycles. The van der Waals surface area contributed by atoms with Gasteiger partial charge in [0.15, 0.2) is 0 Å². The van der Waals surface area contributed by atoms with Crippen molar-refractivity contribution in [2.24, 2.45) is 0 Å². The summed E-state index contributed by atoms with van der Waals surface area (Å²) in [7, 11) is 0. The largest absolute Gasteiger partial charge is 0.345 e. The number of anilines is 1. The SMILES string of the molecule is CC(=O)CNC(=O)c1cc(Cl)cc(C)c1NC(=O)c1ccc(Cl)n1-c1ccccn1. The Hall–Kier alpha value is -3.16. The summed E-state index contributed by atoms with van der Waals surface area (Å²) in [6.07, 6.45) is 1.59. The Labute approximate surface area is 183 Å². The molecule has 30 heavy (non-hydrogen) atoms. The number of benzene rings is 1. The number of hydrogen-bond donors (Lipinski definition) is 2. The van der Waals surface area contributed by atoms with Crippen LogP contribution in [0.5, 0.6) is 0 Å². The summed E-state index contributed by atoms with van der Waals surface area (Å²) in [5.41, 5.74) is 1.26. The number of rotatable bonds is 6. The number of amides is 2. The molecule has 1 aromatic carbocycles.